The molecule has 0 N–H and O–H groups in total. The Morgan fingerprint density at radius 2 is 1.82 bits per heavy atom. The van der Waals surface area contributed by atoms with Crippen LogP contribution in [0.15, 0.2) is 30.3 Å². The first-order valence-electron chi connectivity index (χ1n) is 3.20. The second-order valence-corrected chi connectivity index (χ2v) is 2.05. The van der Waals surface area contributed by atoms with Gasteiger partial charge in [0.1, 0.15) is 12.1 Å². The fraction of sp³-hybridized carbons (Fsp3) is 0. The lowest BCUT2D eigenvalue weighted by atomic mass is 10.2. The number of hydrogen-bond acceptors (Lipinski definition) is 1. The summed E-state index contributed by atoms with van der Waals surface area (Å²) in [6.45, 7) is 0. The van der Waals surface area contributed by atoms with Crippen molar-refractivity contribution in [3.05, 3.63) is 41.7 Å². The number of rotatable bonds is 2. The Kier molecular flexibility index (Phi) is 2.55. The number of carbonyl (C=O) groups is 1. The molecule has 0 unspecified atom stereocenters. The van der Waals surface area contributed by atoms with Crippen LogP contribution in [0.1, 0.15) is 5.56 Å². The SMILES string of the molecule is O=C/C=C\c1ccc(F)cc1. The van der Waals surface area contributed by atoms with Crippen LogP contribution in [-0.2, 0) is 4.79 Å². The van der Waals surface area contributed by atoms with Gasteiger partial charge in [-0.2, -0.15) is 0 Å². The van der Waals surface area contributed by atoms with Crippen molar-refractivity contribution < 1.29 is 9.18 Å². The molecule has 1 rings (SSSR count). The molecule has 0 aromatic heterocycles. The van der Waals surface area contributed by atoms with Gasteiger partial charge >= 0.3 is 0 Å². The van der Waals surface area contributed by atoms with E-state index < -0.39 is 0 Å². The largest absolute Gasteiger partial charge is 0.299 e. The van der Waals surface area contributed by atoms with E-state index in [9.17, 15) is 9.18 Å². The van der Waals surface area contributed by atoms with Crippen molar-refractivity contribution in [2.45, 2.75) is 0 Å². The predicted octanol–water partition coefficient (Wildman–Crippen LogP) is 2.04. The first-order chi connectivity index (χ1) is 5.33. The maximum atomic E-state index is 12.3. The summed E-state index contributed by atoms with van der Waals surface area (Å²) in [5, 5.41) is 0. The average molecular weight is 150 g/mol. The highest BCUT2D eigenvalue weighted by atomic mass is 19.1. The highest BCUT2D eigenvalue weighted by Gasteiger charge is 1.86. The maximum Gasteiger partial charge on any atom is 0.142 e. The van der Waals surface area contributed by atoms with Crippen LogP contribution in [0.5, 0.6) is 0 Å². The molecule has 0 spiro atoms. The van der Waals surface area contributed by atoms with Crippen molar-refractivity contribution in [2.75, 3.05) is 0 Å². The van der Waals surface area contributed by atoms with Gasteiger partial charge in [-0.1, -0.05) is 18.2 Å². The van der Waals surface area contributed by atoms with E-state index in [1.54, 1.807) is 18.2 Å². The predicted molar refractivity (Wildman–Crippen MR) is 41.5 cm³/mol. The molecule has 0 aliphatic rings. The lowest BCUT2D eigenvalue weighted by molar-refractivity contribution is -0.104. The smallest absolute Gasteiger partial charge is 0.142 e. The van der Waals surface area contributed by atoms with Gasteiger partial charge in [0.25, 0.3) is 0 Å². The molecule has 0 saturated carbocycles. The van der Waals surface area contributed by atoms with E-state index >= 15 is 0 Å². The van der Waals surface area contributed by atoms with Gasteiger partial charge in [-0.15, -0.1) is 0 Å². The van der Waals surface area contributed by atoms with E-state index in [-0.39, 0.29) is 5.82 Å². The van der Waals surface area contributed by atoms with Gasteiger partial charge in [0.15, 0.2) is 0 Å². The Labute approximate surface area is 64.2 Å². The van der Waals surface area contributed by atoms with E-state index in [2.05, 4.69) is 0 Å². The molecule has 56 valence electrons. The van der Waals surface area contributed by atoms with Crippen molar-refractivity contribution in [3.63, 3.8) is 0 Å². The molecular formula is C9H7FO. The zero-order valence-corrected chi connectivity index (χ0v) is 5.83. The van der Waals surface area contributed by atoms with Crippen LogP contribution in [-0.4, -0.2) is 6.29 Å². The highest BCUT2D eigenvalue weighted by molar-refractivity contribution is 5.73. The number of hydrogen-bond donors (Lipinski definition) is 0. The van der Waals surface area contributed by atoms with Crippen LogP contribution >= 0.6 is 0 Å². The number of allylic oxidation sites excluding steroid dienone is 1. The zero-order valence-electron chi connectivity index (χ0n) is 5.83. The summed E-state index contributed by atoms with van der Waals surface area (Å²) >= 11 is 0. The molecule has 0 heterocycles. The molecule has 1 aromatic carbocycles. The fourth-order valence-corrected chi connectivity index (χ4v) is 0.724. The van der Waals surface area contributed by atoms with Crippen LogP contribution in [0.2, 0.25) is 0 Å². The van der Waals surface area contributed by atoms with Crippen LogP contribution in [0.25, 0.3) is 6.08 Å². The minimum absolute atomic E-state index is 0.270. The third-order valence-electron chi connectivity index (χ3n) is 1.24. The normalized spacial score (nSPS) is 10.3. The van der Waals surface area contributed by atoms with Crippen LogP contribution in [0.4, 0.5) is 4.39 Å². The zero-order chi connectivity index (χ0) is 8.10. The van der Waals surface area contributed by atoms with Gasteiger partial charge in [0.05, 0.1) is 0 Å². The molecule has 0 saturated heterocycles. The molecule has 0 radical (unpaired) electrons. The topological polar surface area (TPSA) is 17.1 Å². The van der Waals surface area contributed by atoms with E-state index in [0.717, 1.165) is 5.56 Å². The summed E-state index contributed by atoms with van der Waals surface area (Å²) in [5.74, 6) is -0.270. The first kappa shape index (κ1) is 7.66. The monoisotopic (exact) mass is 150 g/mol. The van der Waals surface area contributed by atoms with Gasteiger partial charge in [0.2, 0.25) is 0 Å². The summed E-state index contributed by atoms with van der Waals surface area (Å²) in [7, 11) is 0. The lowest BCUT2D eigenvalue weighted by Gasteiger charge is -1.89. The molecule has 0 aliphatic carbocycles. The summed E-state index contributed by atoms with van der Waals surface area (Å²) in [5.41, 5.74) is 0.818. The Morgan fingerprint density at radius 1 is 1.18 bits per heavy atom. The third-order valence-corrected chi connectivity index (χ3v) is 1.24. The molecule has 0 aliphatic heterocycles. The quantitative estimate of drug-likeness (QED) is 0.465. The van der Waals surface area contributed by atoms with Crippen molar-refractivity contribution in [1.82, 2.24) is 0 Å². The van der Waals surface area contributed by atoms with E-state index in [0.29, 0.717) is 6.29 Å². The second-order valence-electron chi connectivity index (χ2n) is 2.05. The van der Waals surface area contributed by atoms with Crippen molar-refractivity contribution in [2.24, 2.45) is 0 Å². The number of aldehydes is 1. The molecular weight excluding hydrogens is 143 g/mol. The average Bonchev–Trinajstić information content (AvgIpc) is 2.04. The molecule has 1 nitrogen and oxygen atoms in total. The van der Waals surface area contributed by atoms with Crippen LogP contribution in [0.3, 0.4) is 0 Å². The molecule has 0 bridgehead atoms. The van der Waals surface area contributed by atoms with Gasteiger partial charge in [0, 0.05) is 0 Å². The molecule has 0 fully saturated rings. The van der Waals surface area contributed by atoms with E-state index in [1.165, 1.54) is 18.2 Å². The molecule has 11 heavy (non-hydrogen) atoms. The minimum atomic E-state index is -0.270. The summed E-state index contributed by atoms with van der Waals surface area (Å²) < 4.78 is 12.3. The van der Waals surface area contributed by atoms with Crippen LogP contribution in [0, 0.1) is 5.82 Å². The van der Waals surface area contributed by atoms with E-state index in [1.807, 2.05) is 0 Å². The molecule has 0 atom stereocenters. The van der Waals surface area contributed by atoms with Gasteiger partial charge in [-0.25, -0.2) is 4.39 Å². The standard InChI is InChI=1S/C9H7FO/c10-9-5-3-8(4-6-9)2-1-7-11/h1-7H/b2-1-. The maximum absolute atomic E-state index is 12.3. The third kappa shape index (κ3) is 2.34. The molecule has 2 heteroatoms. The minimum Gasteiger partial charge on any atom is -0.299 e. The Hall–Kier alpha value is -1.44. The Morgan fingerprint density at radius 3 is 2.36 bits per heavy atom. The number of benzene rings is 1. The van der Waals surface area contributed by atoms with Crippen LogP contribution < -0.4 is 0 Å². The summed E-state index contributed by atoms with van der Waals surface area (Å²) in [6.07, 6.45) is 3.67. The lowest BCUT2D eigenvalue weighted by Crippen LogP contribution is -1.73. The summed E-state index contributed by atoms with van der Waals surface area (Å²) in [6, 6.07) is 5.92. The van der Waals surface area contributed by atoms with Crippen molar-refractivity contribution in [1.29, 1.82) is 0 Å². The van der Waals surface area contributed by atoms with Gasteiger partial charge in [-0.05, 0) is 23.8 Å². The van der Waals surface area contributed by atoms with E-state index in [4.69, 9.17) is 0 Å². The van der Waals surface area contributed by atoms with Gasteiger partial charge in [-0.3, -0.25) is 4.79 Å². The Balaban J connectivity index is 2.81. The molecule has 1 aromatic rings. The number of carbonyl (C=O) groups excluding carboxylic acids is 1. The highest BCUT2D eigenvalue weighted by Crippen LogP contribution is 2.03. The van der Waals surface area contributed by atoms with Crippen molar-refractivity contribution >= 4 is 12.4 Å². The second kappa shape index (κ2) is 3.66. The fourth-order valence-electron chi connectivity index (χ4n) is 0.724. The van der Waals surface area contributed by atoms with Crippen molar-refractivity contribution in [3.8, 4) is 0 Å². The van der Waals surface area contributed by atoms with Gasteiger partial charge < -0.3 is 0 Å². The summed E-state index contributed by atoms with van der Waals surface area (Å²) in [4.78, 5) is 9.88. The number of halogens is 1. The first-order valence-corrected chi connectivity index (χ1v) is 3.20. The Bertz CT molecular complexity index is 261. The molecule has 0 amide bonds.